The van der Waals surface area contributed by atoms with E-state index in [4.69, 9.17) is 9.47 Å². The predicted molar refractivity (Wildman–Crippen MR) is 89.0 cm³/mol. The molecule has 0 spiro atoms. The standard InChI is InChI=1S/C18H18N2O3/c1-22-14-7-8-16-15(9-14)17(10-21)20-18(19-16)12-23-11-13-5-3-2-4-6-13/h2-10,17H,11-12H2,1H3,(H,19,20). The number of nitrogens with one attached hydrogen (secondary N) is 1. The van der Waals surface area contributed by atoms with Gasteiger partial charge in [-0.3, -0.25) is 4.99 Å². The Balaban J connectivity index is 1.67. The summed E-state index contributed by atoms with van der Waals surface area (Å²) in [6.07, 6.45) is 0.830. The highest BCUT2D eigenvalue weighted by atomic mass is 16.5. The van der Waals surface area contributed by atoms with Crippen LogP contribution in [-0.2, 0) is 16.1 Å². The number of fused-ring (bicyclic) bond motifs is 1. The second-order valence-electron chi connectivity index (χ2n) is 5.21. The SMILES string of the molecule is COc1ccc2c(c1)C(C=O)N=C(COCc1ccccc1)N2. The van der Waals surface area contributed by atoms with Gasteiger partial charge in [-0.25, -0.2) is 0 Å². The van der Waals surface area contributed by atoms with E-state index in [1.165, 1.54) is 0 Å². The number of hydrogen-bond acceptors (Lipinski definition) is 5. The molecule has 0 saturated heterocycles. The van der Waals surface area contributed by atoms with Gasteiger partial charge in [0, 0.05) is 11.3 Å². The Morgan fingerprint density at radius 2 is 2.00 bits per heavy atom. The van der Waals surface area contributed by atoms with Crippen molar-refractivity contribution in [3.05, 3.63) is 59.7 Å². The van der Waals surface area contributed by atoms with Crippen molar-refractivity contribution < 1.29 is 14.3 Å². The Hall–Kier alpha value is -2.66. The summed E-state index contributed by atoms with van der Waals surface area (Å²) in [5.74, 6) is 1.35. The molecule has 5 nitrogen and oxygen atoms in total. The molecule has 1 atom stereocenters. The Bertz CT molecular complexity index is 713. The normalized spacial score (nSPS) is 16.0. The van der Waals surface area contributed by atoms with Gasteiger partial charge >= 0.3 is 0 Å². The molecule has 23 heavy (non-hydrogen) atoms. The Labute approximate surface area is 135 Å². The van der Waals surface area contributed by atoms with E-state index in [9.17, 15) is 4.79 Å². The van der Waals surface area contributed by atoms with Crippen LogP contribution in [-0.4, -0.2) is 25.8 Å². The number of aldehydes is 1. The quantitative estimate of drug-likeness (QED) is 0.833. The van der Waals surface area contributed by atoms with Crippen LogP contribution in [0, 0.1) is 0 Å². The van der Waals surface area contributed by atoms with Crippen LogP contribution in [0.15, 0.2) is 53.5 Å². The molecule has 0 fully saturated rings. The molecule has 0 aromatic heterocycles. The van der Waals surface area contributed by atoms with Crippen molar-refractivity contribution >= 4 is 17.8 Å². The van der Waals surface area contributed by atoms with E-state index < -0.39 is 6.04 Å². The number of carbonyl (C=O) groups excluding carboxylic acids is 1. The number of nitrogens with zero attached hydrogens (tertiary/aromatic N) is 1. The van der Waals surface area contributed by atoms with Gasteiger partial charge in [0.1, 0.15) is 30.5 Å². The fourth-order valence-electron chi connectivity index (χ4n) is 2.47. The molecular formula is C18H18N2O3. The minimum absolute atomic E-state index is 0.324. The Morgan fingerprint density at radius 1 is 1.17 bits per heavy atom. The van der Waals surface area contributed by atoms with E-state index in [2.05, 4.69) is 10.3 Å². The van der Waals surface area contributed by atoms with E-state index in [1.54, 1.807) is 7.11 Å². The van der Waals surface area contributed by atoms with Gasteiger partial charge < -0.3 is 19.6 Å². The van der Waals surface area contributed by atoms with Gasteiger partial charge in [0.15, 0.2) is 0 Å². The summed E-state index contributed by atoms with van der Waals surface area (Å²) >= 11 is 0. The molecule has 1 N–H and O–H groups in total. The number of aliphatic imine (C=N–C) groups is 1. The maximum Gasteiger partial charge on any atom is 0.149 e. The average Bonchev–Trinajstić information content (AvgIpc) is 2.61. The average molecular weight is 310 g/mol. The molecule has 0 radical (unpaired) electrons. The third kappa shape index (κ3) is 3.57. The molecule has 1 aliphatic heterocycles. The molecule has 1 unspecified atom stereocenters. The van der Waals surface area contributed by atoms with Crippen molar-refractivity contribution in [1.82, 2.24) is 0 Å². The van der Waals surface area contributed by atoms with Gasteiger partial charge in [-0.15, -0.1) is 0 Å². The number of anilines is 1. The first-order chi connectivity index (χ1) is 11.3. The first-order valence-corrected chi connectivity index (χ1v) is 7.39. The van der Waals surface area contributed by atoms with Crippen molar-refractivity contribution in [3.63, 3.8) is 0 Å². The molecule has 0 bridgehead atoms. The van der Waals surface area contributed by atoms with Crippen LogP contribution in [0.1, 0.15) is 17.2 Å². The van der Waals surface area contributed by atoms with E-state index in [1.807, 2.05) is 48.5 Å². The third-order valence-electron chi connectivity index (χ3n) is 3.63. The largest absolute Gasteiger partial charge is 0.497 e. The van der Waals surface area contributed by atoms with Gasteiger partial charge in [0.25, 0.3) is 0 Å². The van der Waals surface area contributed by atoms with Crippen LogP contribution < -0.4 is 10.1 Å². The first-order valence-electron chi connectivity index (χ1n) is 7.39. The van der Waals surface area contributed by atoms with Gasteiger partial charge in [-0.1, -0.05) is 30.3 Å². The number of benzene rings is 2. The van der Waals surface area contributed by atoms with Crippen LogP contribution in [0.4, 0.5) is 5.69 Å². The number of amidine groups is 1. The lowest BCUT2D eigenvalue weighted by Crippen LogP contribution is -2.25. The summed E-state index contributed by atoms with van der Waals surface area (Å²) in [5.41, 5.74) is 2.77. The van der Waals surface area contributed by atoms with Crippen LogP contribution >= 0.6 is 0 Å². The lowest BCUT2D eigenvalue weighted by Gasteiger charge is -2.22. The van der Waals surface area contributed by atoms with Crippen molar-refractivity contribution in [2.45, 2.75) is 12.6 Å². The van der Waals surface area contributed by atoms with Gasteiger partial charge in [0.05, 0.1) is 13.7 Å². The van der Waals surface area contributed by atoms with Crippen LogP contribution in [0.5, 0.6) is 5.75 Å². The van der Waals surface area contributed by atoms with Crippen molar-refractivity contribution in [2.24, 2.45) is 4.99 Å². The number of hydrogen-bond donors (Lipinski definition) is 1. The van der Waals surface area contributed by atoms with Gasteiger partial charge in [-0.2, -0.15) is 0 Å². The topological polar surface area (TPSA) is 59.9 Å². The summed E-state index contributed by atoms with van der Waals surface area (Å²) in [5, 5.41) is 3.21. The highest BCUT2D eigenvalue weighted by Crippen LogP contribution is 2.31. The van der Waals surface area contributed by atoms with Gasteiger partial charge in [-0.05, 0) is 23.8 Å². The molecule has 118 valence electrons. The predicted octanol–water partition coefficient (Wildman–Crippen LogP) is 2.98. The zero-order chi connectivity index (χ0) is 16.1. The molecule has 5 heteroatoms. The van der Waals surface area contributed by atoms with E-state index in [-0.39, 0.29) is 0 Å². The van der Waals surface area contributed by atoms with E-state index in [0.29, 0.717) is 24.8 Å². The van der Waals surface area contributed by atoms with E-state index >= 15 is 0 Å². The lowest BCUT2D eigenvalue weighted by atomic mass is 10.0. The maximum atomic E-state index is 11.3. The number of carbonyl (C=O) groups is 1. The molecule has 2 aromatic rings. The lowest BCUT2D eigenvalue weighted by molar-refractivity contribution is -0.108. The molecule has 1 aliphatic rings. The van der Waals surface area contributed by atoms with Crippen molar-refractivity contribution in [1.29, 1.82) is 0 Å². The summed E-state index contributed by atoms with van der Waals surface area (Å²) < 4.78 is 10.9. The summed E-state index contributed by atoms with van der Waals surface area (Å²) in [7, 11) is 1.60. The first kappa shape index (κ1) is 15.2. The summed E-state index contributed by atoms with van der Waals surface area (Å²) in [4.78, 5) is 15.8. The monoisotopic (exact) mass is 310 g/mol. The number of methoxy groups -OCH3 is 1. The smallest absolute Gasteiger partial charge is 0.149 e. The third-order valence-corrected chi connectivity index (χ3v) is 3.63. The molecule has 1 heterocycles. The van der Waals surface area contributed by atoms with Crippen LogP contribution in [0.25, 0.3) is 0 Å². The van der Waals surface area contributed by atoms with E-state index in [0.717, 1.165) is 23.1 Å². The Morgan fingerprint density at radius 3 is 2.74 bits per heavy atom. The minimum atomic E-state index is -0.531. The zero-order valence-corrected chi connectivity index (χ0v) is 12.9. The second kappa shape index (κ2) is 7.07. The van der Waals surface area contributed by atoms with Crippen LogP contribution in [0.2, 0.25) is 0 Å². The van der Waals surface area contributed by atoms with Crippen molar-refractivity contribution in [3.8, 4) is 5.75 Å². The fourth-order valence-corrected chi connectivity index (χ4v) is 2.47. The van der Waals surface area contributed by atoms with Gasteiger partial charge in [0.2, 0.25) is 0 Å². The summed E-state index contributed by atoms with van der Waals surface area (Å²) in [6, 6.07) is 15.0. The zero-order valence-electron chi connectivity index (χ0n) is 12.9. The molecule has 3 rings (SSSR count). The number of ether oxygens (including phenoxy) is 2. The molecule has 0 saturated carbocycles. The minimum Gasteiger partial charge on any atom is -0.497 e. The summed E-state index contributed by atoms with van der Waals surface area (Å²) in [6.45, 7) is 0.827. The Kier molecular flexibility index (Phi) is 4.68. The maximum absolute atomic E-state index is 11.3. The highest BCUT2D eigenvalue weighted by Gasteiger charge is 2.21. The molecular weight excluding hydrogens is 292 g/mol. The number of rotatable bonds is 6. The molecule has 0 amide bonds. The molecule has 2 aromatic carbocycles. The molecule has 0 aliphatic carbocycles. The second-order valence-corrected chi connectivity index (χ2v) is 5.21. The highest BCUT2D eigenvalue weighted by molar-refractivity contribution is 6.00. The fraction of sp³-hybridized carbons (Fsp3) is 0.222. The van der Waals surface area contributed by atoms with Crippen molar-refractivity contribution in [2.75, 3.05) is 19.0 Å². The van der Waals surface area contributed by atoms with Crippen LogP contribution in [0.3, 0.4) is 0 Å².